The van der Waals surface area contributed by atoms with Crippen LogP contribution in [0.4, 0.5) is 0 Å². The zero-order chi connectivity index (χ0) is 10.2. The van der Waals surface area contributed by atoms with Crippen molar-refractivity contribution in [3.05, 3.63) is 12.7 Å². The van der Waals surface area contributed by atoms with Crippen molar-refractivity contribution in [2.45, 2.75) is 38.6 Å². The second-order valence-electron chi connectivity index (χ2n) is 4.29. The fraction of sp³-hybridized carbons (Fsp3) is 0.833. The summed E-state index contributed by atoms with van der Waals surface area (Å²) >= 11 is 0. The van der Waals surface area contributed by atoms with Crippen molar-refractivity contribution in [3.63, 3.8) is 0 Å². The van der Waals surface area contributed by atoms with Crippen LogP contribution in [0.1, 0.15) is 32.6 Å². The topological polar surface area (TPSA) is 15.3 Å². The van der Waals surface area contributed by atoms with Gasteiger partial charge in [0.15, 0.2) is 0 Å². The Morgan fingerprint density at radius 3 is 3.00 bits per heavy atom. The molecule has 1 fully saturated rings. The van der Waals surface area contributed by atoms with Crippen molar-refractivity contribution < 1.29 is 0 Å². The van der Waals surface area contributed by atoms with E-state index in [0.29, 0.717) is 6.04 Å². The Balaban J connectivity index is 1.97. The predicted octanol–water partition coefficient (Wildman–Crippen LogP) is 2.03. The normalized spacial score (nSPS) is 23.6. The molecule has 0 radical (unpaired) electrons. The molecule has 0 aromatic rings. The third-order valence-electron chi connectivity index (χ3n) is 2.84. The predicted molar refractivity (Wildman–Crippen MR) is 62.6 cm³/mol. The zero-order valence-electron chi connectivity index (χ0n) is 9.47. The molecule has 2 heteroatoms. The Kier molecular flexibility index (Phi) is 5.88. The summed E-state index contributed by atoms with van der Waals surface area (Å²) in [4.78, 5) is 2.58. The molecule has 1 unspecified atom stereocenters. The van der Waals surface area contributed by atoms with Gasteiger partial charge in [-0.2, -0.15) is 0 Å². The molecule has 1 N–H and O–H groups in total. The minimum Gasteiger partial charge on any atom is -0.312 e. The Morgan fingerprint density at radius 2 is 2.29 bits per heavy atom. The first-order valence-corrected chi connectivity index (χ1v) is 5.89. The molecule has 0 bridgehead atoms. The molecule has 1 heterocycles. The summed E-state index contributed by atoms with van der Waals surface area (Å²) in [6.07, 6.45) is 7.21. The molecular formula is C12H24N2. The highest BCUT2D eigenvalue weighted by atomic mass is 15.2. The lowest BCUT2D eigenvalue weighted by Gasteiger charge is -2.31. The van der Waals surface area contributed by atoms with Crippen molar-refractivity contribution in [1.82, 2.24) is 10.2 Å². The van der Waals surface area contributed by atoms with Gasteiger partial charge < -0.3 is 10.2 Å². The molecule has 0 amide bonds. The number of unbranched alkanes of at least 4 members (excludes halogenated alkanes) is 3. The van der Waals surface area contributed by atoms with Gasteiger partial charge in [0, 0.05) is 25.7 Å². The van der Waals surface area contributed by atoms with Crippen LogP contribution in [0.25, 0.3) is 0 Å². The fourth-order valence-electron chi connectivity index (χ4n) is 2.02. The Hall–Kier alpha value is -0.340. The summed E-state index contributed by atoms with van der Waals surface area (Å²) in [7, 11) is 0. The van der Waals surface area contributed by atoms with Gasteiger partial charge in [-0.1, -0.05) is 12.5 Å². The molecule has 0 aromatic carbocycles. The van der Waals surface area contributed by atoms with Gasteiger partial charge in [-0.15, -0.1) is 6.58 Å². The molecule has 1 aliphatic heterocycles. The van der Waals surface area contributed by atoms with Crippen molar-refractivity contribution in [3.8, 4) is 0 Å². The third kappa shape index (κ3) is 4.77. The SMILES string of the molecule is C=CCCCCCN1CCNC(C)C1. The monoisotopic (exact) mass is 196 g/mol. The Morgan fingerprint density at radius 1 is 1.43 bits per heavy atom. The number of piperazine rings is 1. The van der Waals surface area contributed by atoms with Gasteiger partial charge in [-0.3, -0.25) is 0 Å². The average Bonchev–Trinajstić information content (AvgIpc) is 2.18. The Labute approximate surface area is 88.4 Å². The van der Waals surface area contributed by atoms with Crippen LogP contribution in [0.2, 0.25) is 0 Å². The van der Waals surface area contributed by atoms with Gasteiger partial charge >= 0.3 is 0 Å². The van der Waals surface area contributed by atoms with Crippen LogP contribution in [-0.4, -0.2) is 37.1 Å². The van der Waals surface area contributed by atoms with E-state index in [4.69, 9.17) is 0 Å². The highest BCUT2D eigenvalue weighted by Gasteiger charge is 2.14. The van der Waals surface area contributed by atoms with Gasteiger partial charge in [0.2, 0.25) is 0 Å². The van der Waals surface area contributed by atoms with Gasteiger partial charge in [0.05, 0.1) is 0 Å². The lowest BCUT2D eigenvalue weighted by Crippen LogP contribution is -2.49. The van der Waals surface area contributed by atoms with Crippen LogP contribution < -0.4 is 5.32 Å². The van der Waals surface area contributed by atoms with E-state index in [1.54, 1.807) is 0 Å². The largest absolute Gasteiger partial charge is 0.312 e. The first-order chi connectivity index (χ1) is 6.83. The van der Waals surface area contributed by atoms with E-state index in [0.717, 1.165) is 6.54 Å². The summed E-state index contributed by atoms with van der Waals surface area (Å²) in [5, 5.41) is 3.47. The van der Waals surface area contributed by atoms with Gasteiger partial charge in [0.25, 0.3) is 0 Å². The van der Waals surface area contributed by atoms with Crippen molar-refractivity contribution in [2.24, 2.45) is 0 Å². The lowest BCUT2D eigenvalue weighted by atomic mass is 10.1. The molecule has 1 aliphatic rings. The zero-order valence-corrected chi connectivity index (χ0v) is 9.47. The molecule has 0 saturated carbocycles. The first-order valence-electron chi connectivity index (χ1n) is 5.89. The molecule has 0 aliphatic carbocycles. The maximum Gasteiger partial charge on any atom is 0.0167 e. The number of hydrogen-bond donors (Lipinski definition) is 1. The number of nitrogens with zero attached hydrogens (tertiary/aromatic N) is 1. The summed E-state index contributed by atoms with van der Waals surface area (Å²) in [6.45, 7) is 10.9. The minimum atomic E-state index is 0.678. The standard InChI is InChI=1S/C12H24N2/c1-3-4-5-6-7-9-14-10-8-13-12(2)11-14/h3,12-13H,1,4-11H2,2H3. The van der Waals surface area contributed by atoms with Crippen LogP contribution >= 0.6 is 0 Å². The molecular weight excluding hydrogens is 172 g/mol. The summed E-state index contributed by atoms with van der Waals surface area (Å²) in [5.74, 6) is 0. The van der Waals surface area contributed by atoms with Crippen LogP contribution in [0.15, 0.2) is 12.7 Å². The molecule has 82 valence electrons. The van der Waals surface area contributed by atoms with Crippen molar-refractivity contribution in [2.75, 3.05) is 26.2 Å². The van der Waals surface area contributed by atoms with E-state index in [9.17, 15) is 0 Å². The quantitative estimate of drug-likeness (QED) is 0.516. The maximum absolute atomic E-state index is 3.74. The fourth-order valence-corrected chi connectivity index (χ4v) is 2.02. The van der Waals surface area contributed by atoms with E-state index < -0.39 is 0 Å². The van der Waals surface area contributed by atoms with Crippen LogP contribution in [-0.2, 0) is 0 Å². The van der Waals surface area contributed by atoms with Crippen molar-refractivity contribution in [1.29, 1.82) is 0 Å². The molecule has 1 saturated heterocycles. The molecule has 0 spiro atoms. The Bertz CT molecular complexity index is 156. The van der Waals surface area contributed by atoms with Gasteiger partial charge in [0.1, 0.15) is 0 Å². The van der Waals surface area contributed by atoms with Crippen LogP contribution in [0.5, 0.6) is 0 Å². The van der Waals surface area contributed by atoms with Crippen molar-refractivity contribution >= 4 is 0 Å². The number of hydrogen-bond acceptors (Lipinski definition) is 2. The average molecular weight is 196 g/mol. The number of allylic oxidation sites excluding steroid dienone is 1. The van der Waals surface area contributed by atoms with Crippen LogP contribution in [0.3, 0.4) is 0 Å². The van der Waals surface area contributed by atoms with Gasteiger partial charge in [-0.05, 0) is 32.7 Å². The summed E-state index contributed by atoms with van der Waals surface area (Å²) in [6, 6.07) is 0.678. The van der Waals surface area contributed by atoms with E-state index >= 15 is 0 Å². The molecule has 1 rings (SSSR count). The lowest BCUT2D eigenvalue weighted by molar-refractivity contribution is 0.203. The van der Waals surface area contributed by atoms with Gasteiger partial charge in [-0.25, -0.2) is 0 Å². The molecule has 2 nitrogen and oxygen atoms in total. The van der Waals surface area contributed by atoms with Crippen LogP contribution in [0, 0.1) is 0 Å². The summed E-state index contributed by atoms with van der Waals surface area (Å²) < 4.78 is 0. The smallest absolute Gasteiger partial charge is 0.0167 e. The molecule has 14 heavy (non-hydrogen) atoms. The highest BCUT2D eigenvalue weighted by molar-refractivity contribution is 4.74. The van der Waals surface area contributed by atoms with E-state index in [-0.39, 0.29) is 0 Å². The second-order valence-corrected chi connectivity index (χ2v) is 4.29. The minimum absolute atomic E-state index is 0.678. The van der Waals surface area contributed by atoms with E-state index in [1.807, 2.05) is 6.08 Å². The highest BCUT2D eigenvalue weighted by Crippen LogP contribution is 2.04. The van der Waals surface area contributed by atoms with E-state index in [2.05, 4.69) is 23.7 Å². The van der Waals surface area contributed by atoms with E-state index in [1.165, 1.54) is 45.3 Å². The molecule has 0 aromatic heterocycles. The first kappa shape index (κ1) is 11.7. The third-order valence-corrected chi connectivity index (χ3v) is 2.84. The maximum atomic E-state index is 3.74. The second kappa shape index (κ2) is 7.02. The number of nitrogens with one attached hydrogen (secondary N) is 1. The molecule has 1 atom stereocenters. The summed E-state index contributed by atoms with van der Waals surface area (Å²) in [5.41, 5.74) is 0. The number of rotatable bonds is 6.